The second-order valence-corrected chi connectivity index (χ2v) is 10.4. The summed E-state index contributed by atoms with van der Waals surface area (Å²) < 4.78 is 13.6. The maximum absolute atomic E-state index is 13.6. The molecule has 1 aliphatic carbocycles. The number of aromatic nitrogens is 2. The van der Waals surface area contributed by atoms with Gasteiger partial charge in [0.05, 0.1) is 28.2 Å². The molecule has 4 heterocycles. The number of hydrogen-bond donors (Lipinski definition) is 1. The first-order valence-electron chi connectivity index (χ1n) is 11.9. The van der Waals surface area contributed by atoms with Crippen LogP contribution in [0.1, 0.15) is 37.1 Å². The topological polar surface area (TPSA) is 64.6 Å². The number of hydrogen-bond acceptors (Lipinski definition) is 5. The van der Waals surface area contributed by atoms with Crippen molar-refractivity contribution in [1.82, 2.24) is 14.9 Å². The lowest BCUT2D eigenvalue weighted by Crippen LogP contribution is -2.46. The van der Waals surface area contributed by atoms with Gasteiger partial charge in [-0.25, -0.2) is 9.37 Å². The lowest BCUT2D eigenvalue weighted by Gasteiger charge is -2.40. The lowest BCUT2D eigenvalue weighted by molar-refractivity contribution is 0.156. The van der Waals surface area contributed by atoms with E-state index in [9.17, 15) is 9.18 Å². The number of aliphatic imine (C=N–C) groups is 1. The van der Waals surface area contributed by atoms with Gasteiger partial charge in [-0.1, -0.05) is 17.7 Å². The second kappa shape index (κ2) is 8.17. The Labute approximate surface area is 202 Å². The predicted octanol–water partition coefficient (Wildman–Crippen LogP) is 4.30. The zero-order valence-electron chi connectivity index (χ0n) is 18.9. The zero-order valence-corrected chi connectivity index (χ0v) is 19.7. The molecule has 6 nitrogen and oxygen atoms in total. The minimum atomic E-state index is -0.418. The van der Waals surface area contributed by atoms with E-state index in [4.69, 9.17) is 16.6 Å². The molecule has 0 radical (unpaired) electrons. The fourth-order valence-electron chi connectivity index (χ4n) is 6.21. The van der Waals surface area contributed by atoms with E-state index in [1.165, 1.54) is 12.1 Å². The molecule has 3 aliphatic heterocycles. The van der Waals surface area contributed by atoms with Gasteiger partial charge in [-0.05, 0) is 68.3 Å². The monoisotopic (exact) mass is 479 g/mol. The predicted molar refractivity (Wildman–Crippen MR) is 134 cm³/mol. The molecule has 0 atom stereocenters. The number of H-pyrrole nitrogens is 1. The first-order valence-corrected chi connectivity index (χ1v) is 12.3. The van der Waals surface area contributed by atoms with Gasteiger partial charge in [0.2, 0.25) is 0 Å². The van der Waals surface area contributed by atoms with Crippen LogP contribution in [0.15, 0.2) is 46.2 Å². The maximum atomic E-state index is 13.6. The third-order valence-corrected chi connectivity index (χ3v) is 8.26. The minimum absolute atomic E-state index is 0.0954. The van der Waals surface area contributed by atoms with Crippen LogP contribution in [0.2, 0.25) is 5.02 Å². The summed E-state index contributed by atoms with van der Waals surface area (Å²) in [5.41, 5.74) is 2.38. The first-order chi connectivity index (χ1) is 16.5. The molecule has 1 aromatic heterocycles. The molecule has 4 fully saturated rings. The molecule has 2 bridgehead atoms. The van der Waals surface area contributed by atoms with E-state index < -0.39 is 5.82 Å². The van der Waals surface area contributed by atoms with Gasteiger partial charge < -0.3 is 9.88 Å². The average Bonchev–Trinajstić information content (AvgIpc) is 3.38. The SMILES string of the molecule is C=NCc1ccc(N2CCC(N3CC4(c5nc6ccc(F)cc6c(=O)[nH]5)CC3C4)CC2)c(Cl)c1. The van der Waals surface area contributed by atoms with E-state index in [2.05, 4.69) is 38.6 Å². The summed E-state index contributed by atoms with van der Waals surface area (Å²) in [5, 5.41) is 1.08. The van der Waals surface area contributed by atoms with E-state index in [1.54, 1.807) is 6.07 Å². The number of aromatic amines is 1. The van der Waals surface area contributed by atoms with Gasteiger partial charge in [-0.2, -0.15) is 0 Å². The molecule has 3 saturated heterocycles. The maximum Gasteiger partial charge on any atom is 0.258 e. The standard InChI is InChI=1S/C26H27ClFN5O/c1-29-14-16-2-5-23(21(27)10-16)32-8-6-18(7-9-32)33-15-26(12-19(33)13-26)25-30-22-4-3-17(28)11-20(22)24(34)31-25/h2-5,10-11,18-19H,1,6-9,12-15H2,(H,30,31,34). The van der Waals surface area contributed by atoms with Crippen LogP contribution in [-0.2, 0) is 12.0 Å². The molecule has 7 rings (SSSR count). The van der Waals surface area contributed by atoms with Crippen LogP contribution in [0.25, 0.3) is 10.9 Å². The van der Waals surface area contributed by atoms with Gasteiger partial charge in [0.25, 0.3) is 5.56 Å². The zero-order chi connectivity index (χ0) is 23.4. The number of piperidine rings is 1. The number of halogens is 2. The summed E-state index contributed by atoms with van der Waals surface area (Å²) >= 11 is 6.57. The largest absolute Gasteiger partial charge is 0.370 e. The van der Waals surface area contributed by atoms with Crippen LogP contribution >= 0.6 is 11.6 Å². The number of rotatable bonds is 5. The summed E-state index contributed by atoms with van der Waals surface area (Å²) in [5.74, 6) is 0.340. The minimum Gasteiger partial charge on any atom is -0.370 e. The van der Waals surface area contributed by atoms with Crippen molar-refractivity contribution in [2.75, 3.05) is 24.5 Å². The Morgan fingerprint density at radius 3 is 2.71 bits per heavy atom. The van der Waals surface area contributed by atoms with Gasteiger partial charge in [-0.3, -0.25) is 14.7 Å². The van der Waals surface area contributed by atoms with E-state index >= 15 is 0 Å². The summed E-state index contributed by atoms with van der Waals surface area (Å²) in [6, 6.07) is 11.5. The highest BCUT2D eigenvalue weighted by molar-refractivity contribution is 6.33. The third-order valence-electron chi connectivity index (χ3n) is 7.96. The number of nitrogens with one attached hydrogen (secondary N) is 1. The van der Waals surface area contributed by atoms with Crippen LogP contribution in [0, 0.1) is 5.82 Å². The molecule has 2 aromatic carbocycles. The van der Waals surface area contributed by atoms with Crippen LogP contribution in [-0.4, -0.2) is 53.3 Å². The second-order valence-electron chi connectivity index (χ2n) is 9.98. The van der Waals surface area contributed by atoms with Crippen LogP contribution in [0.4, 0.5) is 10.1 Å². The fourth-order valence-corrected chi connectivity index (χ4v) is 6.54. The molecule has 176 valence electrons. The van der Waals surface area contributed by atoms with Crippen molar-refractivity contribution in [3.05, 3.63) is 69.0 Å². The van der Waals surface area contributed by atoms with Crippen molar-refractivity contribution in [3.8, 4) is 0 Å². The Bertz CT molecular complexity index is 1330. The van der Waals surface area contributed by atoms with Gasteiger partial charge in [-0.15, -0.1) is 0 Å². The highest BCUT2D eigenvalue weighted by Crippen LogP contribution is 2.53. The average molecular weight is 480 g/mol. The molecule has 1 N–H and O–H groups in total. The number of benzene rings is 2. The molecule has 4 aliphatic rings. The molecule has 1 saturated carbocycles. The molecular formula is C26H27ClFN5O. The Morgan fingerprint density at radius 1 is 1.18 bits per heavy atom. The Balaban J connectivity index is 1.15. The van der Waals surface area contributed by atoms with Crippen molar-refractivity contribution >= 4 is 34.9 Å². The summed E-state index contributed by atoms with van der Waals surface area (Å²) in [6.45, 7) is 6.99. The van der Waals surface area contributed by atoms with Gasteiger partial charge >= 0.3 is 0 Å². The van der Waals surface area contributed by atoms with Crippen molar-refractivity contribution in [1.29, 1.82) is 0 Å². The van der Waals surface area contributed by atoms with Crippen molar-refractivity contribution in [2.45, 2.75) is 49.7 Å². The van der Waals surface area contributed by atoms with E-state index in [-0.39, 0.29) is 11.0 Å². The molecule has 34 heavy (non-hydrogen) atoms. The molecule has 8 heteroatoms. The van der Waals surface area contributed by atoms with Crippen LogP contribution < -0.4 is 10.5 Å². The van der Waals surface area contributed by atoms with Gasteiger partial charge in [0.15, 0.2) is 0 Å². The molecule has 0 amide bonds. The van der Waals surface area contributed by atoms with Crippen molar-refractivity contribution in [3.63, 3.8) is 0 Å². The number of fused-ring (bicyclic) bond motifs is 2. The molecule has 0 spiro atoms. The summed E-state index contributed by atoms with van der Waals surface area (Å²) in [6.07, 6.45) is 4.21. The van der Waals surface area contributed by atoms with Crippen molar-refractivity contribution in [2.24, 2.45) is 4.99 Å². The third kappa shape index (κ3) is 3.53. The highest BCUT2D eigenvalue weighted by atomic mass is 35.5. The van der Waals surface area contributed by atoms with Gasteiger partial charge in [0, 0.05) is 37.1 Å². The number of nitrogens with zero attached hydrogens (tertiary/aromatic N) is 4. The van der Waals surface area contributed by atoms with Crippen molar-refractivity contribution < 1.29 is 4.39 Å². The smallest absolute Gasteiger partial charge is 0.258 e. The summed E-state index contributed by atoms with van der Waals surface area (Å²) in [4.78, 5) is 29.3. The Morgan fingerprint density at radius 2 is 1.97 bits per heavy atom. The first kappa shape index (κ1) is 21.7. The summed E-state index contributed by atoms with van der Waals surface area (Å²) in [7, 11) is 0. The van der Waals surface area contributed by atoms with E-state index in [0.29, 0.717) is 29.5 Å². The van der Waals surface area contributed by atoms with E-state index in [0.717, 1.165) is 67.4 Å². The normalized spacial score (nSPS) is 25.0. The van der Waals surface area contributed by atoms with Crippen LogP contribution in [0.3, 0.4) is 0 Å². The highest BCUT2D eigenvalue weighted by Gasteiger charge is 2.59. The molecular weight excluding hydrogens is 453 g/mol. The lowest BCUT2D eigenvalue weighted by atomic mass is 9.69. The molecule has 0 unspecified atom stereocenters. The van der Waals surface area contributed by atoms with Crippen LogP contribution in [0.5, 0.6) is 0 Å². The quantitative estimate of drug-likeness (QED) is 0.554. The fraction of sp³-hybridized carbons (Fsp3) is 0.423. The Hall–Kier alpha value is -2.77. The Kier molecular flexibility index (Phi) is 5.22. The van der Waals surface area contributed by atoms with Gasteiger partial charge in [0.1, 0.15) is 11.6 Å². The van der Waals surface area contributed by atoms with E-state index in [1.807, 2.05) is 6.07 Å². The molecule has 3 aromatic rings. The number of anilines is 1.